The number of nitrogens with zero attached hydrogens (tertiary/aromatic N) is 4. The number of nitrogens with one attached hydrogen (secondary N) is 1. The molecule has 34 heavy (non-hydrogen) atoms. The highest BCUT2D eigenvalue weighted by Gasteiger charge is 2.53. The number of hydrogen-bond donors (Lipinski definition) is 3. The Labute approximate surface area is 206 Å². The molecule has 0 bridgehead atoms. The van der Waals surface area contributed by atoms with Crippen molar-refractivity contribution in [1.29, 1.82) is 0 Å². The Balaban J connectivity index is 1.50. The quantitative estimate of drug-likeness (QED) is 0.169. The van der Waals surface area contributed by atoms with Gasteiger partial charge in [-0.05, 0) is 12.8 Å². The summed E-state index contributed by atoms with van der Waals surface area (Å²) in [5.74, 6) is -0.466. The van der Waals surface area contributed by atoms with E-state index in [1.165, 1.54) is 23.2 Å². The van der Waals surface area contributed by atoms with Crippen molar-refractivity contribution in [2.75, 3.05) is 12.8 Å². The van der Waals surface area contributed by atoms with Crippen molar-refractivity contribution in [3.8, 4) is 0 Å². The molecule has 0 aromatic carbocycles. The van der Waals surface area contributed by atoms with Crippen LogP contribution in [0.1, 0.15) is 24.2 Å². The second-order valence-corrected chi connectivity index (χ2v) is 11.5. The number of nitrogen functional groups attached to an aromatic ring is 1. The Bertz CT molecular complexity index is 1210. The number of aromatic nitrogens is 2. The first-order chi connectivity index (χ1) is 16.3. The topological polar surface area (TPSA) is 151 Å². The zero-order valence-corrected chi connectivity index (χ0v) is 20.8. The van der Waals surface area contributed by atoms with Gasteiger partial charge in [-0.1, -0.05) is 11.2 Å². The first kappa shape index (κ1) is 24.2. The van der Waals surface area contributed by atoms with E-state index in [1.807, 2.05) is 36.0 Å². The van der Waals surface area contributed by atoms with Crippen molar-refractivity contribution < 1.29 is 28.9 Å². The number of amides is 2. The van der Waals surface area contributed by atoms with Crippen LogP contribution in [0.25, 0.3) is 0 Å². The van der Waals surface area contributed by atoms with Gasteiger partial charge in [-0.2, -0.15) is 0 Å². The molecule has 4 rings (SSSR count). The van der Waals surface area contributed by atoms with Gasteiger partial charge in [0.25, 0.3) is 11.8 Å². The van der Waals surface area contributed by atoms with E-state index in [-0.39, 0.29) is 16.5 Å². The molecule has 1 fully saturated rings. The summed E-state index contributed by atoms with van der Waals surface area (Å²) < 4.78 is 4.12. The molecule has 1 saturated heterocycles. The fourth-order valence-corrected chi connectivity index (χ4v) is 7.91. The Morgan fingerprint density at radius 1 is 1.50 bits per heavy atom. The van der Waals surface area contributed by atoms with Crippen molar-refractivity contribution in [3.63, 3.8) is 0 Å². The molecule has 3 unspecified atom stereocenters. The van der Waals surface area contributed by atoms with Gasteiger partial charge in [0.05, 0.1) is 11.8 Å². The van der Waals surface area contributed by atoms with Gasteiger partial charge in [-0.25, -0.2) is 14.3 Å². The third kappa shape index (κ3) is 4.65. The Morgan fingerprint density at radius 3 is 2.94 bits per heavy atom. The van der Waals surface area contributed by atoms with Gasteiger partial charge in [-0.15, -0.1) is 23.1 Å². The molecule has 3 atom stereocenters. The van der Waals surface area contributed by atoms with Crippen LogP contribution >= 0.6 is 33.8 Å². The molecule has 0 aliphatic carbocycles. The first-order valence-electron chi connectivity index (χ1n) is 10.2. The minimum atomic E-state index is -1.38. The monoisotopic (exact) mass is 523 g/mol. The lowest BCUT2D eigenvalue weighted by molar-refractivity contribution is -0.678. The van der Waals surface area contributed by atoms with Crippen molar-refractivity contribution in [1.82, 2.24) is 14.6 Å². The van der Waals surface area contributed by atoms with Crippen molar-refractivity contribution >= 4 is 65.9 Å². The lowest BCUT2D eigenvalue weighted by Crippen LogP contribution is -2.70. The maximum atomic E-state index is 13.0. The summed E-state index contributed by atoms with van der Waals surface area (Å²) in [5, 5.41) is 17.1. The standard InChI is InChI=1S/C20H22N6O5S3/c1-25-8-4-3-5-11(25)9-32-14-7-6-13-16(18(28)26(13)34(14)20(29)30)23-17(27)15(24-31-2)12-10-33-19(21)22-12/h3-5,8,10,13,16H,6-7,9H2,1-2H3,(H3-,21,22,23,27,29,30)/p+1. The molecule has 180 valence electrons. The zero-order chi connectivity index (χ0) is 24.4. The molecule has 2 aromatic heterocycles. The van der Waals surface area contributed by atoms with Gasteiger partial charge in [0.2, 0.25) is 0 Å². The summed E-state index contributed by atoms with van der Waals surface area (Å²) in [6.07, 6.45) is 3.03. The number of aryl methyl sites for hydroxylation is 1. The van der Waals surface area contributed by atoms with Gasteiger partial charge in [0.15, 0.2) is 22.7 Å². The first-order valence-corrected chi connectivity index (χ1v) is 13.2. The lowest BCUT2D eigenvalue weighted by Gasteiger charge is -2.50. The SMILES string of the molecule is CON=C(C(=O)NC1C(=O)N2C1CCC(SCc1cccc[n+]1C)=S2C(=O)O)c1csc(N)n1. The molecule has 2 amide bonds. The van der Waals surface area contributed by atoms with Crippen molar-refractivity contribution in [2.45, 2.75) is 30.7 Å². The van der Waals surface area contributed by atoms with Crippen LogP contribution in [-0.2, 0) is 27.2 Å². The Kier molecular flexibility index (Phi) is 7.19. The fourth-order valence-electron chi connectivity index (χ4n) is 3.73. The summed E-state index contributed by atoms with van der Waals surface area (Å²) in [7, 11) is 1.85. The molecule has 0 spiro atoms. The molecule has 4 N–H and O–H groups in total. The smallest absolute Gasteiger partial charge is 0.379 e. The number of nitrogens with two attached hydrogens (primary N) is 1. The molecule has 4 heterocycles. The predicted molar refractivity (Wildman–Crippen MR) is 131 cm³/mol. The molecule has 11 nitrogen and oxygen atoms in total. The molecular weight excluding hydrogens is 500 g/mol. The van der Waals surface area contributed by atoms with E-state index in [4.69, 9.17) is 10.6 Å². The third-order valence-electron chi connectivity index (χ3n) is 5.38. The number of carbonyl (C=O) groups excluding carboxylic acids is 2. The number of hydrogen-bond acceptors (Lipinski definition) is 9. The third-order valence-corrected chi connectivity index (χ3v) is 9.66. The van der Waals surface area contributed by atoms with Crippen LogP contribution in [-0.4, -0.2) is 60.6 Å². The summed E-state index contributed by atoms with van der Waals surface area (Å²) in [4.78, 5) is 46.7. The van der Waals surface area contributed by atoms with Crippen LogP contribution < -0.4 is 15.6 Å². The number of thiazole rings is 1. The maximum Gasteiger partial charge on any atom is 0.379 e. The predicted octanol–water partition coefficient (Wildman–Crippen LogP) is 1.31. The molecular formula is C20H23N6O5S3+. The van der Waals surface area contributed by atoms with Crippen LogP contribution in [0.5, 0.6) is 0 Å². The van der Waals surface area contributed by atoms with Crippen LogP contribution in [0.15, 0.2) is 34.9 Å². The number of pyridine rings is 1. The van der Waals surface area contributed by atoms with E-state index < -0.39 is 39.9 Å². The largest absolute Gasteiger partial charge is 0.472 e. The number of carboxylic acid groups (broad SMARTS) is 1. The van der Waals surface area contributed by atoms with Gasteiger partial charge in [-0.3, -0.25) is 13.9 Å². The number of oxime groups is 1. The van der Waals surface area contributed by atoms with Crippen molar-refractivity contribution in [3.05, 3.63) is 41.2 Å². The van der Waals surface area contributed by atoms with Crippen molar-refractivity contribution in [2.24, 2.45) is 12.2 Å². The number of rotatable bonds is 6. The van der Waals surface area contributed by atoms with Crippen LogP contribution in [0.3, 0.4) is 0 Å². The van der Waals surface area contributed by atoms with Crippen LogP contribution in [0.2, 0.25) is 0 Å². The Hall–Kier alpha value is -2.97. The molecule has 2 aliphatic heterocycles. The second-order valence-electron chi connectivity index (χ2n) is 7.43. The number of thioether (sulfide) groups is 1. The minimum Gasteiger partial charge on any atom is -0.472 e. The number of carbonyl (C=O) groups is 3. The molecule has 2 aliphatic rings. The molecule has 2 aromatic rings. The zero-order valence-electron chi connectivity index (χ0n) is 18.3. The van der Waals surface area contributed by atoms with Crippen LogP contribution in [0, 0.1) is 0 Å². The number of fused-ring (bicyclic) bond motifs is 1. The van der Waals surface area contributed by atoms with Gasteiger partial charge >= 0.3 is 5.30 Å². The van der Waals surface area contributed by atoms with E-state index in [2.05, 4.69) is 15.5 Å². The van der Waals surface area contributed by atoms with Gasteiger partial charge < -0.3 is 21.0 Å². The normalized spacial score (nSPS) is 22.1. The summed E-state index contributed by atoms with van der Waals surface area (Å²) in [6.45, 7) is 0. The van der Waals surface area contributed by atoms with E-state index in [1.54, 1.807) is 5.38 Å². The molecule has 0 radical (unpaired) electrons. The highest BCUT2D eigenvalue weighted by Crippen LogP contribution is 2.44. The van der Waals surface area contributed by atoms with E-state index >= 15 is 0 Å². The minimum absolute atomic E-state index is 0.103. The van der Waals surface area contributed by atoms with Gasteiger partial charge in [0, 0.05) is 32.4 Å². The highest BCUT2D eigenvalue weighted by molar-refractivity contribution is 8.39. The van der Waals surface area contributed by atoms with E-state index in [0.717, 1.165) is 21.2 Å². The van der Waals surface area contributed by atoms with Gasteiger partial charge in [0.1, 0.15) is 25.9 Å². The lowest BCUT2D eigenvalue weighted by atomic mass is 9.94. The summed E-state index contributed by atoms with van der Waals surface area (Å²) in [5.41, 5.74) is 6.82. The Morgan fingerprint density at radius 2 is 2.29 bits per heavy atom. The maximum absolute atomic E-state index is 13.0. The summed E-state index contributed by atoms with van der Waals surface area (Å²) >= 11 is 2.61. The average molecular weight is 524 g/mol. The van der Waals surface area contributed by atoms with E-state index in [0.29, 0.717) is 18.6 Å². The van der Waals surface area contributed by atoms with Crippen LogP contribution in [0.4, 0.5) is 9.93 Å². The number of β-lactam (4-membered cyclic amide) rings is 1. The second kappa shape index (κ2) is 10.1. The summed E-state index contributed by atoms with van der Waals surface area (Å²) in [6, 6.07) is 4.60. The average Bonchev–Trinajstić information content (AvgIpc) is 3.25. The molecule has 14 heteroatoms. The molecule has 0 saturated carbocycles. The fraction of sp³-hybridized carbons (Fsp3) is 0.350. The highest BCUT2D eigenvalue weighted by atomic mass is 32.2. The van der Waals surface area contributed by atoms with E-state index in [9.17, 15) is 19.5 Å². The number of anilines is 1.